The predicted octanol–water partition coefficient (Wildman–Crippen LogP) is 1.59. The van der Waals surface area contributed by atoms with E-state index >= 15 is 0 Å². The fourth-order valence-corrected chi connectivity index (χ4v) is 2.18. The summed E-state index contributed by atoms with van der Waals surface area (Å²) in [6.45, 7) is 4.69. The van der Waals surface area contributed by atoms with Crippen LogP contribution in [0.15, 0.2) is 18.2 Å². The van der Waals surface area contributed by atoms with E-state index in [1.165, 1.54) is 11.0 Å². The normalized spacial score (nSPS) is 21.9. The Morgan fingerprint density at radius 3 is 2.55 bits per heavy atom. The molecule has 0 saturated carbocycles. The van der Waals surface area contributed by atoms with E-state index in [0.717, 1.165) is 12.1 Å². The first-order valence-electron chi connectivity index (χ1n) is 6.29. The molecule has 1 aliphatic rings. The van der Waals surface area contributed by atoms with Crippen LogP contribution in [0.4, 0.5) is 8.78 Å². The lowest BCUT2D eigenvalue weighted by Crippen LogP contribution is -2.67. The van der Waals surface area contributed by atoms with Crippen molar-refractivity contribution in [1.29, 1.82) is 0 Å². The van der Waals surface area contributed by atoms with Crippen molar-refractivity contribution in [3.8, 4) is 0 Å². The minimum Gasteiger partial charge on any atom is -0.340 e. The van der Waals surface area contributed by atoms with Crippen molar-refractivity contribution >= 4 is 11.8 Å². The second kappa shape index (κ2) is 4.85. The van der Waals surface area contributed by atoms with E-state index < -0.39 is 23.2 Å². The molecule has 0 aromatic heterocycles. The quantitative estimate of drug-likeness (QED) is 0.895. The summed E-state index contributed by atoms with van der Waals surface area (Å²) in [6.07, 6.45) is 0. The van der Waals surface area contributed by atoms with Crippen molar-refractivity contribution < 1.29 is 18.4 Å². The van der Waals surface area contributed by atoms with Crippen LogP contribution < -0.4 is 5.32 Å². The number of halogens is 2. The van der Waals surface area contributed by atoms with Gasteiger partial charge in [0.1, 0.15) is 23.2 Å². The van der Waals surface area contributed by atoms with Crippen LogP contribution in [0.1, 0.15) is 26.3 Å². The van der Waals surface area contributed by atoms with Gasteiger partial charge in [-0.1, -0.05) is 6.07 Å². The molecule has 4 nitrogen and oxygen atoms in total. The van der Waals surface area contributed by atoms with Crippen LogP contribution >= 0.6 is 0 Å². The molecule has 1 heterocycles. The van der Waals surface area contributed by atoms with Gasteiger partial charge < -0.3 is 10.2 Å². The second-order valence-electron chi connectivity index (χ2n) is 5.46. The van der Waals surface area contributed by atoms with E-state index in [9.17, 15) is 18.4 Å². The highest BCUT2D eigenvalue weighted by Gasteiger charge is 2.43. The van der Waals surface area contributed by atoms with E-state index in [-0.39, 0.29) is 23.9 Å². The molecule has 0 bridgehead atoms. The molecule has 1 aromatic carbocycles. The molecule has 1 fully saturated rings. The lowest BCUT2D eigenvalue weighted by molar-refractivity contribution is -0.153. The number of hydrogen-bond donors (Lipinski definition) is 1. The summed E-state index contributed by atoms with van der Waals surface area (Å²) < 4.78 is 26.6. The molecule has 1 unspecified atom stereocenters. The van der Waals surface area contributed by atoms with Gasteiger partial charge in [-0.3, -0.25) is 9.59 Å². The summed E-state index contributed by atoms with van der Waals surface area (Å²) in [6, 6.07) is 2.48. The predicted molar refractivity (Wildman–Crippen MR) is 68.6 cm³/mol. The number of rotatable bonds is 2. The van der Waals surface area contributed by atoms with E-state index in [1.807, 2.05) is 0 Å². The van der Waals surface area contributed by atoms with Gasteiger partial charge in [-0.15, -0.1) is 0 Å². The summed E-state index contributed by atoms with van der Waals surface area (Å²) in [5.41, 5.74) is -0.850. The number of hydrogen-bond acceptors (Lipinski definition) is 2. The molecule has 108 valence electrons. The van der Waals surface area contributed by atoms with Crippen LogP contribution in [0.2, 0.25) is 0 Å². The Balaban J connectivity index is 2.30. The van der Waals surface area contributed by atoms with Gasteiger partial charge in [0.15, 0.2) is 0 Å². The Kier molecular flexibility index (Phi) is 3.50. The zero-order chi connectivity index (χ0) is 15.1. The first-order valence-corrected chi connectivity index (χ1v) is 6.29. The Labute approximate surface area is 115 Å². The highest BCUT2D eigenvalue weighted by molar-refractivity contribution is 5.99. The number of carbonyl (C=O) groups excluding carboxylic acids is 2. The van der Waals surface area contributed by atoms with Crippen molar-refractivity contribution in [2.75, 3.05) is 0 Å². The number of nitrogens with one attached hydrogen (secondary N) is 1. The average molecular weight is 282 g/mol. The number of amides is 2. The summed E-state index contributed by atoms with van der Waals surface area (Å²) in [7, 11) is 0. The van der Waals surface area contributed by atoms with E-state index in [2.05, 4.69) is 5.32 Å². The van der Waals surface area contributed by atoms with Gasteiger partial charge in [0.05, 0.1) is 0 Å². The van der Waals surface area contributed by atoms with Crippen LogP contribution in [-0.2, 0) is 16.1 Å². The van der Waals surface area contributed by atoms with Gasteiger partial charge in [0.2, 0.25) is 11.8 Å². The Bertz CT molecular complexity index is 572. The standard InChI is InChI=1S/C14H16F2N2O2/c1-8-12(19)17-14(2,3)13(20)18(8)7-9-4-5-10(15)6-11(9)16/h4-6,8H,7H2,1-3H3,(H,17,19). The fourth-order valence-electron chi connectivity index (χ4n) is 2.18. The smallest absolute Gasteiger partial charge is 0.248 e. The summed E-state index contributed by atoms with van der Waals surface area (Å²) in [5, 5.41) is 2.61. The number of piperazine rings is 1. The molecule has 0 aliphatic carbocycles. The molecular weight excluding hydrogens is 266 g/mol. The molecule has 1 aliphatic heterocycles. The van der Waals surface area contributed by atoms with Crippen LogP contribution in [0.25, 0.3) is 0 Å². The fraction of sp³-hybridized carbons (Fsp3) is 0.429. The van der Waals surface area contributed by atoms with E-state index in [4.69, 9.17) is 0 Å². The zero-order valence-electron chi connectivity index (χ0n) is 11.5. The second-order valence-corrected chi connectivity index (χ2v) is 5.46. The average Bonchev–Trinajstić information content (AvgIpc) is 2.34. The zero-order valence-corrected chi connectivity index (χ0v) is 11.5. The largest absolute Gasteiger partial charge is 0.340 e. The van der Waals surface area contributed by atoms with Crippen molar-refractivity contribution in [2.45, 2.75) is 38.9 Å². The van der Waals surface area contributed by atoms with Gasteiger partial charge >= 0.3 is 0 Å². The topological polar surface area (TPSA) is 49.4 Å². The summed E-state index contributed by atoms with van der Waals surface area (Å²) >= 11 is 0. The Hall–Kier alpha value is -1.98. The molecule has 2 amide bonds. The highest BCUT2D eigenvalue weighted by Crippen LogP contribution is 2.21. The summed E-state index contributed by atoms with van der Waals surface area (Å²) in [4.78, 5) is 25.4. The van der Waals surface area contributed by atoms with Crippen molar-refractivity contribution in [1.82, 2.24) is 10.2 Å². The molecular formula is C14H16F2N2O2. The van der Waals surface area contributed by atoms with E-state index in [1.54, 1.807) is 20.8 Å². The lowest BCUT2D eigenvalue weighted by Gasteiger charge is -2.41. The molecule has 6 heteroatoms. The van der Waals surface area contributed by atoms with Crippen LogP contribution in [0.5, 0.6) is 0 Å². The third-order valence-corrected chi connectivity index (χ3v) is 3.43. The summed E-state index contributed by atoms with van der Waals surface area (Å²) in [5.74, 6) is -2.00. The van der Waals surface area contributed by atoms with Gasteiger partial charge in [0.25, 0.3) is 0 Å². The molecule has 1 saturated heterocycles. The van der Waals surface area contributed by atoms with Crippen molar-refractivity contribution in [3.63, 3.8) is 0 Å². The van der Waals surface area contributed by atoms with Gasteiger partial charge in [-0.25, -0.2) is 8.78 Å². The first-order chi connectivity index (χ1) is 9.22. The van der Waals surface area contributed by atoms with Crippen LogP contribution in [0, 0.1) is 11.6 Å². The van der Waals surface area contributed by atoms with Crippen molar-refractivity contribution in [3.05, 3.63) is 35.4 Å². The van der Waals surface area contributed by atoms with Crippen LogP contribution in [0.3, 0.4) is 0 Å². The lowest BCUT2D eigenvalue weighted by atomic mass is 9.96. The molecule has 0 radical (unpaired) electrons. The number of benzene rings is 1. The first kappa shape index (κ1) is 14.4. The van der Waals surface area contributed by atoms with Gasteiger partial charge in [-0.2, -0.15) is 0 Å². The maximum atomic E-state index is 13.7. The molecule has 1 atom stereocenters. The third kappa shape index (κ3) is 2.50. The Morgan fingerprint density at radius 2 is 1.95 bits per heavy atom. The molecule has 20 heavy (non-hydrogen) atoms. The molecule has 1 aromatic rings. The van der Waals surface area contributed by atoms with Gasteiger partial charge in [-0.05, 0) is 26.8 Å². The van der Waals surface area contributed by atoms with Crippen LogP contribution in [-0.4, -0.2) is 28.3 Å². The Morgan fingerprint density at radius 1 is 1.30 bits per heavy atom. The number of carbonyl (C=O) groups is 2. The van der Waals surface area contributed by atoms with Crippen molar-refractivity contribution in [2.24, 2.45) is 0 Å². The third-order valence-electron chi connectivity index (χ3n) is 3.43. The van der Waals surface area contributed by atoms with E-state index in [0.29, 0.717) is 0 Å². The minimum absolute atomic E-state index is 0.0665. The molecule has 0 spiro atoms. The maximum absolute atomic E-state index is 13.7. The van der Waals surface area contributed by atoms with Gasteiger partial charge in [0, 0.05) is 18.2 Å². The number of nitrogens with zero attached hydrogens (tertiary/aromatic N) is 1. The maximum Gasteiger partial charge on any atom is 0.248 e. The minimum atomic E-state index is -1.03. The monoisotopic (exact) mass is 282 g/mol. The molecule has 1 N–H and O–H groups in total. The highest BCUT2D eigenvalue weighted by atomic mass is 19.1. The SMILES string of the molecule is CC1C(=O)NC(C)(C)C(=O)N1Cc1ccc(F)cc1F. The molecule has 2 rings (SSSR count).